The maximum absolute atomic E-state index is 11.7. The molecule has 0 amide bonds. The van der Waals surface area contributed by atoms with Crippen molar-refractivity contribution in [2.45, 2.75) is 46.3 Å². The Hall–Kier alpha value is -1.39. The summed E-state index contributed by atoms with van der Waals surface area (Å²) in [6.07, 6.45) is -0.896. The molecule has 1 aromatic rings. The van der Waals surface area contributed by atoms with E-state index in [1.54, 1.807) is 27.7 Å². The standard InChI is InChI=1S/C16H22O4.B7/c1-12(15(18)20-16(2,3)4)10-14(17)19-11-13-8-6-5-7-9-13;1-5-7(4)6(2)3/h5-9,12H,10-11H2,1-4H3;/t12-;/m0./s1. The van der Waals surface area contributed by atoms with Gasteiger partial charge in [0.2, 0.25) is 0 Å². The van der Waals surface area contributed by atoms with E-state index in [4.69, 9.17) is 40.4 Å². The number of hydrogen-bond donors (Lipinski definition) is 0. The summed E-state index contributed by atoms with van der Waals surface area (Å²) in [5.74, 6) is -1.28. The molecule has 4 nitrogen and oxygen atoms in total. The van der Waals surface area contributed by atoms with Crippen molar-refractivity contribution >= 4 is 62.7 Å². The number of esters is 2. The van der Waals surface area contributed by atoms with Crippen LogP contribution in [-0.4, -0.2) is 68.3 Å². The third-order valence-corrected chi connectivity index (χ3v) is 3.19. The quantitative estimate of drug-likeness (QED) is 0.527. The van der Waals surface area contributed by atoms with Crippen molar-refractivity contribution in [2.24, 2.45) is 5.92 Å². The van der Waals surface area contributed by atoms with Gasteiger partial charge in [-0.1, -0.05) is 37.3 Å². The molecule has 11 heteroatoms. The summed E-state index contributed by atoms with van der Waals surface area (Å²) in [5, 5.41) is 0. The van der Waals surface area contributed by atoms with Gasteiger partial charge in [-0.3, -0.25) is 9.59 Å². The van der Waals surface area contributed by atoms with Crippen molar-refractivity contribution in [3.8, 4) is 0 Å². The van der Waals surface area contributed by atoms with E-state index in [1.807, 2.05) is 30.3 Å². The average Bonchev–Trinajstić information content (AvgIpc) is 2.59. The number of hydrogen-bond acceptors (Lipinski definition) is 4. The summed E-state index contributed by atoms with van der Waals surface area (Å²) >= 11 is 0. The first-order valence-corrected chi connectivity index (χ1v) is 8.70. The molecule has 0 aliphatic rings. The lowest BCUT2D eigenvalue weighted by molar-refractivity contribution is -0.163. The molecule has 9 radical (unpaired) electrons. The Balaban J connectivity index is 0.000000821. The third-order valence-electron chi connectivity index (χ3n) is 3.19. The van der Waals surface area contributed by atoms with Crippen LogP contribution in [0.4, 0.5) is 0 Å². The monoisotopic (exact) mass is 355 g/mol. The van der Waals surface area contributed by atoms with E-state index >= 15 is 0 Å². The molecular formula is C16H22B7O4. The average molecular weight is 354 g/mol. The minimum atomic E-state index is -0.542. The van der Waals surface area contributed by atoms with Crippen molar-refractivity contribution in [3.63, 3.8) is 0 Å². The SMILES string of the molecule is C[C@@H](CC(=O)OCc1ccccc1)C(=O)OC(C)(C)C.[B][B]B([B])B([B])[B]. The fraction of sp³-hybridized carbons (Fsp3) is 0.500. The highest BCUT2D eigenvalue weighted by Gasteiger charge is 2.24. The fourth-order valence-electron chi connectivity index (χ4n) is 1.66. The van der Waals surface area contributed by atoms with Gasteiger partial charge in [-0.05, 0) is 26.3 Å². The maximum Gasteiger partial charge on any atom is 0.309 e. The zero-order chi connectivity index (χ0) is 21.0. The summed E-state index contributed by atoms with van der Waals surface area (Å²) < 4.78 is 10.3. The lowest BCUT2D eigenvalue weighted by Crippen LogP contribution is -2.43. The molecule has 0 bridgehead atoms. The van der Waals surface area contributed by atoms with Gasteiger partial charge in [0.1, 0.15) is 12.2 Å². The van der Waals surface area contributed by atoms with Gasteiger partial charge >= 0.3 is 11.9 Å². The van der Waals surface area contributed by atoms with Crippen LogP contribution in [-0.2, 0) is 25.7 Å². The lowest BCUT2D eigenvalue weighted by Gasteiger charge is -2.21. The van der Waals surface area contributed by atoms with E-state index in [2.05, 4.69) is 0 Å². The van der Waals surface area contributed by atoms with Gasteiger partial charge in [0, 0.05) is 50.8 Å². The minimum Gasteiger partial charge on any atom is -0.461 e. The molecule has 0 heterocycles. The van der Waals surface area contributed by atoms with E-state index in [-0.39, 0.29) is 25.4 Å². The Labute approximate surface area is 170 Å². The Morgan fingerprint density at radius 2 is 1.70 bits per heavy atom. The summed E-state index contributed by atoms with van der Waals surface area (Å²) in [4.78, 5) is 23.4. The molecule has 1 atom stereocenters. The Morgan fingerprint density at radius 3 is 2.11 bits per heavy atom. The summed E-state index contributed by atoms with van der Waals surface area (Å²) in [5.41, 5.74) is 0.380. The molecule has 131 valence electrons. The lowest BCUT2D eigenvalue weighted by atomic mass is 8.76. The zero-order valence-electron chi connectivity index (χ0n) is 16.6. The highest BCUT2D eigenvalue weighted by atomic mass is 16.6. The molecule has 0 fully saturated rings. The van der Waals surface area contributed by atoms with Crippen LogP contribution in [0.3, 0.4) is 0 Å². The predicted molar refractivity (Wildman–Crippen MR) is 116 cm³/mol. The van der Waals surface area contributed by atoms with Crippen molar-refractivity contribution in [1.29, 1.82) is 0 Å². The predicted octanol–water partition coefficient (Wildman–Crippen LogP) is 0.432. The molecule has 0 N–H and O–H groups in total. The molecule has 0 saturated heterocycles. The molecule has 0 unspecified atom stereocenters. The molecule has 0 spiro atoms. The highest BCUT2D eigenvalue weighted by Crippen LogP contribution is 2.14. The number of carbonyl (C=O) groups is 2. The fourth-order valence-corrected chi connectivity index (χ4v) is 1.66. The smallest absolute Gasteiger partial charge is 0.309 e. The van der Waals surface area contributed by atoms with Crippen molar-refractivity contribution in [2.75, 3.05) is 0 Å². The van der Waals surface area contributed by atoms with Gasteiger partial charge in [-0.2, -0.15) is 0 Å². The number of ether oxygens (including phenoxy) is 2. The number of carbonyl (C=O) groups excluding carboxylic acids is 2. The Morgan fingerprint density at radius 1 is 1.15 bits per heavy atom. The van der Waals surface area contributed by atoms with Gasteiger partial charge in [0.05, 0.1) is 12.3 Å². The molecule has 27 heavy (non-hydrogen) atoms. The van der Waals surface area contributed by atoms with Gasteiger partial charge < -0.3 is 9.47 Å². The van der Waals surface area contributed by atoms with Gasteiger partial charge in [-0.25, -0.2) is 0 Å². The van der Waals surface area contributed by atoms with Crippen LogP contribution in [0.5, 0.6) is 0 Å². The Bertz CT molecular complexity index is 564. The number of rotatable bonds is 7. The maximum atomic E-state index is 11.7. The first kappa shape index (κ1) is 25.6. The molecule has 0 saturated carbocycles. The molecular weight excluding hydrogens is 332 g/mol. The summed E-state index contributed by atoms with van der Waals surface area (Å²) in [6, 6.07) is 9.42. The van der Waals surface area contributed by atoms with Gasteiger partial charge in [0.15, 0.2) is 0 Å². The van der Waals surface area contributed by atoms with Crippen LogP contribution < -0.4 is 0 Å². The van der Waals surface area contributed by atoms with Crippen molar-refractivity contribution in [1.82, 2.24) is 0 Å². The van der Waals surface area contributed by atoms with Crippen molar-refractivity contribution < 1.29 is 19.1 Å². The molecule has 0 aromatic heterocycles. The highest BCUT2D eigenvalue weighted by molar-refractivity contribution is 7.81. The second-order valence-electron chi connectivity index (χ2n) is 7.13. The topological polar surface area (TPSA) is 52.6 Å². The van der Waals surface area contributed by atoms with E-state index < -0.39 is 23.9 Å². The molecule has 1 rings (SSSR count). The van der Waals surface area contributed by atoms with Gasteiger partial charge in [-0.15, -0.1) is 0 Å². The van der Waals surface area contributed by atoms with Crippen LogP contribution in [0.25, 0.3) is 0 Å². The molecule has 1 aromatic carbocycles. The van der Waals surface area contributed by atoms with Gasteiger partial charge in [0.25, 0.3) is 0 Å². The summed E-state index contributed by atoms with van der Waals surface area (Å²) in [6.45, 7) is 7.28. The van der Waals surface area contributed by atoms with Crippen LogP contribution >= 0.6 is 0 Å². The van der Waals surface area contributed by atoms with Crippen LogP contribution in [0.1, 0.15) is 39.7 Å². The second kappa shape index (κ2) is 12.9. The van der Waals surface area contributed by atoms with E-state index in [1.165, 1.54) is 7.06 Å². The first-order chi connectivity index (χ1) is 12.5. The Kier molecular flexibility index (Phi) is 12.2. The number of benzene rings is 1. The van der Waals surface area contributed by atoms with E-state index in [9.17, 15) is 9.59 Å². The third kappa shape index (κ3) is 13.4. The van der Waals surface area contributed by atoms with Crippen LogP contribution in [0.15, 0.2) is 30.3 Å². The normalized spacial score (nSPS) is 11.3. The van der Waals surface area contributed by atoms with E-state index in [0.717, 1.165) is 5.56 Å². The summed E-state index contributed by atoms with van der Waals surface area (Å²) in [7, 11) is 21.6. The largest absolute Gasteiger partial charge is 0.461 e. The van der Waals surface area contributed by atoms with Crippen molar-refractivity contribution in [3.05, 3.63) is 35.9 Å². The zero-order valence-corrected chi connectivity index (χ0v) is 16.6. The van der Waals surface area contributed by atoms with Crippen LogP contribution in [0.2, 0.25) is 0 Å². The first-order valence-electron chi connectivity index (χ1n) is 8.70. The second-order valence-corrected chi connectivity index (χ2v) is 7.13. The minimum absolute atomic E-state index is 0.0295. The molecule has 0 aliphatic heterocycles. The van der Waals surface area contributed by atoms with E-state index in [0.29, 0.717) is 0 Å². The van der Waals surface area contributed by atoms with Crippen LogP contribution in [0, 0.1) is 5.92 Å². The molecule has 0 aliphatic carbocycles.